The molecule has 0 saturated heterocycles. The van der Waals surface area contributed by atoms with E-state index >= 15 is 0 Å². The van der Waals surface area contributed by atoms with Crippen LogP contribution in [0.1, 0.15) is 0 Å². The van der Waals surface area contributed by atoms with Gasteiger partial charge in [-0.25, -0.2) is 0 Å². The van der Waals surface area contributed by atoms with Crippen LogP contribution in [0.4, 0.5) is 0 Å². The van der Waals surface area contributed by atoms with Gasteiger partial charge in [-0.1, -0.05) is 11.6 Å². The van der Waals surface area contributed by atoms with Gasteiger partial charge in [0.25, 0.3) is 0 Å². The molecule has 1 aromatic heterocycles. The lowest BCUT2D eigenvalue weighted by molar-refractivity contribution is 0.485. The third-order valence-electron chi connectivity index (χ3n) is 0.877. The van der Waals surface area contributed by atoms with Gasteiger partial charge in [-0.05, 0) is 22.0 Å². The molecule has 1 heterocycles. The van der Waals surface area contributed by atoms with E-state index in [9.17, 15) is 8.42 Å². The van der Waals surface area contributed by atoms with Crippen LogP contribution in [0.15, 0.2) is 14.7 Å². The number of halogens is 2. The minimum Gasteiger partial charge on any atom is -0.281 e. The van der Waals surface area contributed by atoms with Gasteiger partial charge in [-0.2, -0.15) is 8.42 Å². The van der Waals surface area contributed by atoms with Crippen LogP contribution in [0.2, 0.25) is 4.34 Å². The van der Waals surface area contributed by atoms with Crippen LogP contribution >= 0.6 is 38.9 Å². The Kier molecular flexibility index (Phi) is 2.60. The average Bonchev–Trinajstić information content (AvgIpc) is 2.11. The Bertz CT molecular complexity index is 349. The first-order chi connectivity index (χ1) is 4.91. The molecule has 0 aliphatic heterocycles. The summed E-state index contributed by atoms with van der Waals surface area (Å²) in [5.41, 5.74) is 0. The van der Waals surface area contributed by atoms with Gasteiger partial charge in [-0.3, -0.25) is 4.55 Å². The molecule has 0 amide bonds. The Morgan fingerprint density at radius 3 is 2.36 bits per heavy atom. The molecular formula is C4H2BrClO3S2. The molecule has 11 heavy (non-hydrogen) atoms. The van der Waals surface area contributed by atoms with Gasteiger partial charge in [0.1, 0.15) is 8.55 Å². The van der Waals surface area contributed by atoms with E-state index in [1.54, 1.807) is 0 Å². The molecule has 1 rings (SSSR count). The summed E-state index contributed by atoms with van der Waals surface area (Å²) >= 11 is 9.34. The maximum Gasteiger partial charge on any atom is 0.304 e. The van der Waals surface area contributed by atoms with E-state index in [0.29, 0.717) is 8.81 Å². The standard InChI is InChI=1S/C4H2BrClO3S2/c5-2-1-3(10-4(2)6)11(7,8)9/h1H,(H,7,8,9). The highest BCUT2D eigenvalue weighted by molar-refractivity contribution is 9.10. The van der Waals surface area contributed by atoms with Crippen molar-refractivity contribution in [3.63, 3.8) is 0 Å². The van der Waals surface area contributed by atoms with Crippen LogP contribution in [-0.4, -0.2) is 13.0 Å². The zero-order valence-corrected chi connectivity index (χ0v) is 8.89. The lowest BCUT2D eigenvalue weighted by atomic mass is 10.7. The Balaban J connectivity index is 3.29. The van der Waals surface area contributed by atoms with E-state index in [4.69, 9.17) is 16.2 Å². The highest BCUT2D eigenvalue weighted by Crippen LogP contribution is 2.34. The van der Waals surface area contributed by atoms with E-state index in [-0.39, 0.29) is 4.21 Å². The maximum absolute atomic E-state index is 10.5. The van der Waals surface area contributed by atoms with E-state index in [2.05, 4.69) is 15.9 Å². The summed E-state index contributed by atoms with van der Waals surface area (Å²) in [5.74, 6) is 0. The molecule has 0 aromatic carbocycles. The van der Waals surface area contributed by atoms with Crippen molar-refractivity contribution in [3.05, 3.63) is 14.9 Å². The van der Waals surface area contributed by atoms with Crippen molar-refractivity contribution in [2.24, 2.45) is 0 Å². The molecule has 62 valence electrons. The molecule has 1 N–H and O–H groups in total. The second kappa shape index (κ2) is 3.02. The van der Waals surface area contributed by atoms with E-state index in [0.717, 1.165) is 11.3 Å². The van der Waals surface area contributed by atoms with Crippen LogP contribution in [0.25, 0.3) is 0 Å². The lowest BCUT2D eigenvalue weighted by Gasteiger charge is -1.85. The van der Waals surface area contributed by atoms with Gasteiger partial charge < -0.3 is 0 Å². The van der Waals surface area contributed by atoms with Crippen molar-refractivity contribution in [3.8, 4) is 0 Å². The second-order valence-corrected chi connectivity index (χ2v) is 5.82. The van der Waals surface area contributed by atoms with Crippen LogP contribution in [0.5, 0.6) is 0 Å². The van der Waals surface area contributed by atoms with Gasteiger partial charge >= 0.3 is 10.1 Å². The van der Waals surface area contributed by atoms with E-state index < -0.39 is 10.1 Å². The monoisotopic (exact) mass is 276 g/mol. The highest BCUT2D eigenvalue weighted by Gasteiger charge is 2.15. The van der Waals surface area contributed by atoms with Crippen molar-refractivity contribution in [2.75, 3.05) is 0 Å². The van der Waals surface area contributed by atoms with Gasteiger partial charge in [0, 0.05) is 4.47 Å². The summed E-state index contributed by atoms with van der Waals surface area (Å²) in [5, 5.41) is 0. The first kappa shape index (κ1) is 9.47. The Hall–Kier alpha value is 0.380. The summed E-state index contributed by atoms with van der Waals surface area (Å²) < 4.78 is 30.1. The van der Waals surface area contributed by atoms with Gasteiger partial charge in [-0.15, -0.1) is 11.3 Å². The Labute approximate surface area is 80.9 Å². The quantitative estimate of drug-likeness (QED) is 0.802. The molecule has 0 spiro atoms. The normalized spacial score (nSPS) is 11.9. The summed E-state index contributed by atoms with van der Waals surface area (Å²) in [7, 11) is -4.10. The highest BCUT2D eigenvalue weighted by atomic mass is 79.9. The van der Waals surface area contributed by atoms with E-state index in [1.165, 1.54) is 6.07 Å². The lowest BCUT2D eigenvalue weighted by Crippen LogP contribution is -1.93. The zero-order chi connectivity index (χ0) is 8.65. The van der Waals surface area contributed by atoms with Crippen LogP contribution in [0.3, 0.4) is 0 Å². The molecule has 0 atom stereocenters. The summed E-state index contributed by atoms with van der Waals surface area (Å²) in [4.78, 5) is 0. The molecule has 0 aliphatic rings. The van der Waals surface area contributed by atoms with Crippen molar-refractivity contribution >= 4 is 49.0 Å². The number of hydrogen-bond acceptors (Lipinski definition) is 3. The summed E-state index contributed by atoms with van der Waals surface area (Å²) in [6, 6.07) is 1.25. The molecule has 0 saturated carbocycles. The number of hydrogen-bond donors (Lipinski definition) is 1. The molecule has 0 fully saturated rings. The van der Waals surface area contributed by atoms with E-state index in [1.807, 2.05) is 0 Å². The summed E-state index contributed by atoms with van der Waals surface area (Å²) in [6.07, 6.45) is 0. The molecular weight excluding hydrogens is 276 g/mol. The minimum absolute atomic E-state index is 0.158. The van der Waals surface area contributed by atoms with Crippen molar-refractivity contribution in [1.82, 2.24) is 0 Å². The molecule has 0 bridgehead atoms. The topological polar surface area (TPSA) is 54.4 Å². The van der Waals surface area contributed by atoms with Gasteiger partial charge in [0.15, 0.2) is 0 Å². The fourth-order valence-electron chi connectivity index (χ4n) is 0.454. The second-order valence-electron chi connectivity index (χ2n) is 1.66. The van der Waals surface area contributed by atoms with Crippen molar-refractivity contribution < 1.29 is 13.0 Å². The van der Waals surface area contributed by atoms with Crippen LogP contribution < -0.4 is 0 Å². The Morgan fingerprint density at radius 2 is 2.18 bits per heavy atom. The first-order valence-corrected chi connectivity index (χ1v) is 5.76. The third-order valence-corrected chi connectivity index (χ3v) is 4.65. The van der Waals surface area contributed by atoms with Gasteiger partial charge in [0.2, 0.25) is 0 Å². The molecule has 0 aliphatic carbocycles. The third kappa shape index (κ3) is 2.16. The van der Waals surface area contributed by atoms with Crippen molar-refractivity contribution in [2.45, 2.75) is 4.21 Å². The molecule has 1 aromatic rings. The zero-order valence-electron chi connectivity index (χ0n) is 4.91. The predicted octanol–water partition coefficient (Wildman–Crippen LogP) is 2.41. The summed E-state index contributed by atoms with van der Waals surface area (Å²) in [6.45, 7) is 0. The smallest absolute Gasteiger partial charge is 0.281 e. The molecule has 0 radical (unpaired) electrons. The Morgan fingerprint density at radius 1 is 1.64 bits per heavy atom. The molecule has 7 heteroatoms. The maximum atomic E-state index is 10.5. The first-order valence-electron chi connectivity index (χ1n) is 2.33. The molecule has 3 nitrogen and oxygen atoms in total. The van der Waals surface area contributed by atoms with Crippen molar-refractivity contribution in [1.29, 1.82) is 0 Å². The largest absolute Gasteiger partial charge is 0.304 e. The van der Waals surface area contributed by atoms with Crippen LogP contribution in [-0.2, 0) is 10.1 Å². The SMILES string of the molecule is O=S(=O)(O)c1cc(Br)c(Cl)s1. The minimum atomic E-state index is -4.10. The number of rotatable bonds is 1. The fourth-order valence-corrected chi connectivity index (χ4v) is 3.12. The molecule has 0 unspecified atom stereocenters. The average molecular weight is 278 g/mol. The van der Waals surface area contributed by atoms with Gasteiger partial charge in [0.05, 0.1) is 0 Å². The predicted molar refractivity (Wildman–Crippen MR) is 46.8 cm³/mol. The fraction of sp³-hybridized carbons (Fsp3) is 0. The number of thiophene rings is 1. The van der Waals surface area contributed by atoms with Crippen LogP contribution in [0, 0.1) is 0 Å².